The molecule has 5 heteroatoms. The maximum atomic E-state index is 5.47. The van der Waals surface area contributed by atoms with E-state index in [1.54, 1.807) is 7.11 Å². The van der Waals surface area contributed by atoms with E-state index in [0.717, 1.165) is 31.1 Å². The number of ether oxygens (including phenoxy) is 1. The summed E-state index contributed by atoms with van der Waals surface area (Å²) in [5, 5.41) is 4.39. The number of likely N-dealkylation sites (tertiary alicyclic amines) is 1. The highest BCUT2D eigenvalue weighted by atomic mass is 16.5. The minimum atomic E-state index is 0.800. The number of aromatic nitrogens is 2. The van der Waals surface area contributed by atoms with Gasteiger partial charge in [-0.3, -0.25) is 4.90 Å². The predicted molar refractivity (Wildman–Crippen MR) is 142 cm³/mol. The van der Waals surface area contributed by atoms with E-state index in [1.165, 1.54) is 54.7 Å². The molecule has 1 aliphatic heterocycles. The minimum absolute atomic E-state index is 0.800. The summed E-state index contributed by atoms with van der Waals surface area (Å²) >= 11 is 0. The Morgan fingerprint density at radius 2 is 1.54 bits per heavy atom. The first-order chi connectivity index (χ1) is 17.3. The third-order valence-corrected chi connectivity index (χ3v) is 6.72. The van der Waals surface area contributed by atoms with Crippen LogP contribution in [-0.4, -0.2) is 34.9 Å². The lowest BCUT2D eigenvalue weighted by Crippen LogP contribution is -2.29. The van der Waals surface area contributed by atoms with E-state index in [-0.39, 0.29) is 0 Å². The van der Waals surface area contributed by atoms with E-state index in [4.69, 9.17) is 4.74 Å². The molecule has 1 fully saturated rings. The van der Waals surface area contributed by atoms with Gasteiger partial charge in [0.05, 0.1) is 12.8 Å². The van der Waals surface area contributed by atoms with Crippen LogP contribution in [0.15, 0.2) is 91.3 Å². The van der Waals surface area contributed by atoms with Crippen LogP contribution in [0.4, 0.5) is 5.69 Å². The molecule has 35 heavy (non-hydrogen) atoms. The van der Waals surface area contributed by atoms with Crippen molar-refractivity contribution in [3.8, 4) is 11.4 Å². The molecule has 0 bridgehead atoms. The zero-order valence-electron chi connectivity index (χ0n) is 20.5. The van der Waals surface area contributed by atoms with Crippen LogP contribution < -0.4 is 9.64 Å². The van der Waals surface area contributed by atoms with Crippen molar-refractivity contribution in [2.45, 2.75) is 38.9 Å². The molecule has 0 amide bonds. The van der Waals surface area contributed by atoms with E-state index in [9.17, 15) is 0 Å². The van der Waals surface area contributed by atoms with Gasteiger partial charge in [-0.05, 0) is 85.1 Å². The largest absolute Gasteiger partial charge is 0.497 e. The molecule has 1 aromatic heterocycles. The highest BCUT2D eigenvalue weighted by Crippen LogP contribution is 2.24. The maximum absolute atomic E-state index is 5.47. The van der Waals surface area contributed by atoms with Crippen LogP contribution in [-0.2, 0) is 19.6 Å². The second-order valence-corrected chi connectivity index (χ2v) is 9.33. The van der Waals surface area contributed by atoms with Crippen molar-refractivity contribution in [2.24, 2.45) is 0 Å². The fourth-order valence-electron chi connectivity index (χ4n) is 4.86. The van der Waals surface area contributed by atoms with Crippen molar-refractivity contribution in [3.05, 3.63) is 108 Å². The second-order valence-electron chi connectivity index (χ2n) is 9.33. The van der Waals surface area contributed by atoms with Gasteiger partial charge in [0.15, 0.2) is 0 Å². The molecule has 0 aliphatic carbocycles. The Bertz CT molecular complexity index is 1200. The summed E-state index contributed by atoms with van der Waals surface area (Å²) < 4.78 is 7.38. The highest BCUT2D eigenvalue weighted by molar-refractivity contribution is 5.50. The predicted octanol–water partition coefficient (Wildman–Crippen LogP) is 6.07. The summed E-state index contributed by atoms with van der Waals surface area (Å²) in [7, 11) is 1.72. The van der Waals surface area contributed by atoms with Crippen molar-refractivity contribution < 1.29 is 4.74 Å². The summed E-state index contributed by atoms with van der Waals surface area (Å²) in [6.07, 6.45) is 7.81. The lowest BCUT2D eigenvalue weighted by atomic mass is 10.1. The van der Waals surface area contributed by atoms with Gasteiger partial charge in [0, 0.05) is 37.7 Å². The van der Waals surface area contributed by atoms with Crippen molar-refractivity contribution in [3.63, 3.8) is 0 Å². The van der Waals surface area contributed by atoms with Gasteiger partial charge in [0.25, 0.3) is 0 Å². The molecular weight excluding hydrogens is 432 g/mol. The van der Waals surface area contributed by atoms with Gasteiger partial charge < -0.3 is 9.64 Å². The molecule has 5 nitrogen and oxygen atoms in total. The maximum Gasteiger partial charge on any atom is 0.119 e. The van der Waals surface area contributed by atoms with E-state index in [0.29, 0.717) is 0 Å². The lowest BCUT2D eigenvalue weighted by Gasteiger charge is -2.28. The molecule has 5 rings (SSSR count). The molecule has 0 atom stereocenters. The Morgan fingerprint density at radius 1 is 0.800 bits per heavy atom. The molecular formula is C30H34N4O. The van der Waals surface area contributed by atoms with Gasteiger partial charge in [0.1, 0.15) is 5.75 Å². The Balaban J connectivity index is 1.38. The van der Waals surface area contributed by atoms with Crippen LogP contribution in [0, 0.1) is 0 Å². The van der Waals surface area contributed by atoms with Crippen molar-refractivity contribution in [1.82, 2.24) is 14.7 Å². The van der Waals surface area contributed by atoms with Crippen LogP contribution in [0.5, 0.6) is 5.75 Å². The van der Waals surface area contributed by atoms with Gasteiger partial charge in [-0.15, -0.1) is 0 Å². The molecule has 0 N–H and O–H groups in total. The number of hydrogen-bond donors (Lipinski definition) is 0. The molecule has 2 heterocycles. The summed E-state index contributed by atoms with van der Waals surface area (Å²) in [6, 6.07) is 28.1. The Kier molecular flexibility index (Phi) is 7.44. The highest BCUT2D eigenvalue weighted by Gasteiger charge is 2.13. The van der Waals surface area contributed by atoms with Gasteiger partial charge in [-0.1, -0.05) is 42.8 Å². The molecule has 0 saturated carbocycles. The number of benzene rings is 3. The molecule has 3 aromatic carbocycles. The molecule has 0 unspecified atom stereocenters. The van der Waals surface area contributed by atoms with Gasteiger partial charge in [0.2, 0.25) is 0 Å². The first kappa shape index (κ1) is 23.2. The van der Waals surface area contributed by atoms with Crippen LogP contribution in [0.1, 0.15) is 36.0 Å². The van der Waals surface area contributed by atoms with E-state index < -0.39 is 0 Å². The fourth-order valence-corrected chi connectivity index (χ4v) is 4.86. The van der Waals surface area contributed by atoms with E-state index >= 15 is 0 Å². The Labute approximate surface area is 208 Å². The lowest BCUT2D eigenvalue weighted by molar-refractivity contribution is 0.221. The fraction of sp³-hybridized carbons (Fsp3) is 0.300. The normalized spacial score (nSPS) is 14.1. The minimum Gasteiger partial charge on any atom is -0.497 e. The van der Waals surface area contributed by atoms with Crippen molar-refractivity contribution in [1.29, 1.82) is 0 Å². The number of anilines is 1. The number of piperidine rings is 1. The summed E-state index contributed by atoms with van der Waals surface area (Å²) in [4.78, 5) is 5.01. The second kappa shape index (κ2) is 11.2. The zero-order chi connectivity index (χ0) is 23.9. The standard InChI is InChI=1S/C30H34N4O/c1-35-30-11-6-9-27(21-30)24-33(23-26-8-5-10-29(20-26)34-19-7-16-31-34)28-14-12-25(13-15-28)22-32-17-3-2-4-18-32/h5-16,19-21H,2-4,17-18,22-24H2,1H3. The average molecular weight is 467 g/mol. The van der Waals surface area contributed by atoms with Crippen LogP contribution in [0.3, 0.4) is 0 Å². The summed E-state index contributed by atoms with van der Waals surface area (Å²) in [5.41, 5.74) is 6.16. The van der Waals surface area contributed by atoms with Gasteiger partial charge >= 0.3 is 0 Å². The van der Waals surface area contributed by atoms with Gasteiger partial charge in [-0.2, -0.15) is 5.10 Å². The summed E-state index contributed by atoms with van der Waals surface area (Å²) in [6.45, 7) is 5.08. The van der Waals surface area contributed by atoms with Crippen LogP contribution >= 0.6 is 0 Å². The zero-order valence-corrected chi connectivity index (χ0v) is 20.5. The molecule has 1 aliphatic rings. The first-order valence-electron chi connectivity index (χ1n) is 12.5. The average Bonchev–Trinajstić information content (AvgIpc) is 3.45. The quantitative estimate of drug-likeness (QED) is 0.300. The van der Waals surface area contributed by atoms with E-state index in [1.807, 2.05) is 29.2 Å². The number of rotatable bonds is 9. The number of nitrogens with zero attached hydrogens (tertiary/aromatic N) is 4. The molecule has 180 valence electrons. The topological polar surface area (TPSA) is 33.5 Å². The van der Waals surface area contributed by atoms with Gasteiger partial charge in [-0.25, -0.2) is 4.68 Å². The van der Waals surface area contributed by atoms with Crippen molar-refractivity contribution in [2.75, 3.05) is 25.1 Å². The van der Waals surface area contributed by atoms with E-state index in [2.05, 4.69) is 81.6 Å². The molecule has 1 saturated heterocycles. The van der Waals surface area contributed by atoms with Crippen LogP contribution in [0.2, 0.25) is 0 Å². The van der Waals surface area contributed by atoms with Crippen molar-refractivity contribution >= 4 is 5.69 Å². The molecule has 0 radical (unpaired) electrons. The Hall–Kier alpha value is -3.57. The Morgan fingerprint density at radius 3 is 2.26 bits per heavy atom. The van der Waals surface area contributed by atoms with Crippen LogP contribution in [0.25, 0.3) is 5.69 Å². The number of hydrogen-bond acceptors (Lipinski definition) is 4. The SMILES string of the molecule is COc1cccc(CN(Cc2cccc(-n3cccn3)c2)c2ccc(CN3CCCCC3)cc2)c1. The molecule has 0 spiro atoms. The number of methoxy groups -OCH3 is 1. The third kappa shape index (κ3) is 6.11. The monoisotopic (exact) mass is 466 g/mol. The smallest absolute Gasteiger partial charge is 0.119 e. The third-order valence-electron chi connectivity index (χ3n) is 6.72. The molecule has 4 aromatic rings. The summed E-state index contributed by atoms with van der Waals surface area (Å²) in [5.74, 6) is 0.889. The first-order valence-corrected chi connectivity index (χ1v) is 12.5.